The molecular formula is C8H15NO2. The summed E-state index contributed by atoms with van der Waals surface area (Å²) < 4.78 is 5.00. The van der Waals surface area contributed by atoms with Crippen molar-refractivity contribution in [1.82, 2.24) is 5.32 Å². The molecule has 0 bridgehead atoms. The van der Waals surface area contributed by atoms with Gasteiger partial charge < -0.3 is 15.2 Å². The molecule has 2 rings (SSSR count). The summed E-state index contributed by atoms with van der Waals surface area (Å²) in [5.74, 6) is 0. The maximum Gasteiger partial charge on any atom is 0.183 e. The zero-order chi connectivity index (χ0) is 7.68. The van der Waals surface area contributed by atoms with Crippen LogP contribution in [0.4, 0.5) is 0 Å². The smallest absolute Gasteiger partial charge is 0.183 e. The molecule has 0 aromatic rings. The van der Waals surface area contributed by atoms with Gasteiger partial charge in [0.05, 0.1) is 0 Å². The van der Waals surface area contributed by atoms with Crippen molar-refractivity contribution < 1.29 is 9.84 Å². The Balaban J connectivity index is 1.82. The highest BCUT2D eigenvalue weighted by Gasteiger charge is 2.43. The first kappa shape index (κ1) is 7.53. The van der Waals surface area contributed by atoms with Crippen LogP contribution in [0.5, 0.6) is 0 Å². The van der Waals surface area contributed by atoms with Gasteiger partial charge in [-0.05, 0) is 19.4 Å². The number of rotatable bonds is 1. The van der Waals surface area contributed by atoms with E-state index in [1.165, 1.54) is 19.3 Å². The molecule has 1 unspecified atom stereocenters. The molecule has 3 heteroatoms. The number of epoxide rings is 1. The van der Waals surface area contributed by atoms with E-state index in [2.05, 4.69) is 5.32 Å². The summed E-state index contributed by atoms with van der Waals surface area (Å²) >= 11 is 0. The van der Waals surface area contributed by atoms with Crippen LogP contribution in [0, 0.1) is 0 Å². The molecule has 64 valence electrons. The van der Waals surface area contributed by atoms with Gasteiger partial charge in [0.15, 0.2) is 6.29 Å². The van der Waals surface area contributed by atoms with Crippen molar-refractivity contribution in [2.45, 2.75) is 44.1 Å². The van der Waals surface area contributed by atoms with Gasteiger partial charge in [0.1, 0.15) is 6.10 Å². The molecule has 0 amide bonds. The van der Waals surface area contributed by atoms with E-state index < -0.39 is 6.29 Å². The van der Waals surface area contributed by atoms with E-state index in [-0.39, 0.29) is 6.10 Å². The minimum absolute atomic E-state index is 0.0908. The van der Waals surface area contributed by atoms with Crippen LogP contribution < -0.4 is 5.32 Å². The molecule has 0 spiro atoms. The predicted molar refractivity (Wildman–Crippen MR) is 41.1 cm³/mol. The fraction of sp³-hybridized carbons (Fsp3) is 1.00. The molecule has 0 saturated carbocycles. The lowest BCUT2D eigenvalue weighted by atomic mass is 10.1. The van der Waals surface area contributed by atoms with Gasteiger partial charge >= 0.3 is 0 Å². The molecular weight excluding hydrogens is 142 g/mol. The summed E-state index contributed by atoms with van der Waals surface area (Å²) in [6.07, 6.45) is 4.61. The average Bonchev–Trinajstić information content (AvgIpc) is 2.71. The Morgan fingerprint density at radius 1 is 1.27 bits per heavy atom. The largest absolute Gasteiger partial charge is 0.366 e. The lowest BCUT2D eigenvalue weighted by Gasteiger charge is -2.11. The Morgan fingerprint density at radius 2 is 2.09 bits per heavy atom. The third-order valence-electron chi connectivity index (χ3n) is 2.50. The highest BCUT2D eigenvalue weighted by Crippen LogP contribution is 2.26. The zero-order valence-electron chi connectivity index (χ0n) is 6.62. The van der Waals surface area contributed by atoms with Crippen LogP contribution >= 0.6 is 0 Å². The van der Waals surface area contributed by atoms with Crippen molar-refractivity contribution in [3.8, 4) is 0 Å². The van der Waals surface area contributed by atoms with E-state index in [1.807, 2.05) is 0 Å². The van der Waals surface area contributed by atoms with Gasteiger partial charge in [0, 0.05) is 6.04 Å². The highest BCUT2D eigenvalue weighted by atomic mass is 16.7. The number of hydrogen-bond donors (Lipinski definition) is 2. The average molecular weight is 157 g/mol. The molecule has 3 nitrogen and oxygen atoms in total. The van der Waals surface area contributed by atoms with Crippen molar-refractivity contribution in [3.63, 3.8) is 0 Å². The van der Waals surface area contributed by atoms with E-state index in [4.69, 9.17) is 9.84 Å². The van der Waals surface area contributed by atoms with Crippen LogP contribution in [0.2, 0.25) is 0 Å². The molecule has 2 N–H and O–H groups in total. The van der Waals surface area contributed by atoms with Crippen LogP contribution in [-0.2, 0) is 4.74 Å². The molecule has 11 heavy (non-hydrogen) atoms. The van der Waals surface area contributed by atoms with Crippen molar-refractivity contribution in [1.29, 1.82) is 0 Å². The molecule has 0 radical (unpaired) electrons. The summed E-state index contributed by atoms with van der Waals surface area (Å²) in [5.41, 5.74) is 0. The van der Waals surface area contributed by atoms with E-state index in [9.17, 15) is 0 Å². The quantitative estimate of drug-likeness (QED) is 0.536. The minimum Gasteiger partial charge on any atom is -0.366 e. The van der Waals surface area contributed by atoms with Crippen LogP contribution in [0.3, 0.4) is 0 Å². The van der Waals surface area contributed by atoms with Crippen molar-refractivity contribution in [3.05, 3.63) is 0 Å². The summed E-state index contributed by atoms with van der Waals surface area (Å²) in [6, 6.07) is 0.410. The van der Waals surface area contributed by atoms with Gasteiger partial charge in [0.25, 0.3) is 0 Å². The summed E-state index contributed by atoms with van der Waals surface area (Å²) in [7, 11) is 0. The Morgan fingerprint density at radius 3 is 2.82 bits per heavy atom. The Bertz CT molecular complexity index is 132. The molecule has 2 aliphatic heterocycles. The van der Waals surface area contributed by atoms with Gasteiger partial charge in [-0.2, -0.15) is 0 Å². The number of aliphatic hydroxyl groups excluding tert-OH is 1. The number of nitrogens with one attached hydrogen (secondary N) is 1. The van der Waals surface area contributed by atoms with Crippen molar-refractivity contribution in [2.75, 3.05) is 6.54 Å². The molecule has 0 aliphatic carbocycles. The van der Waals surface area contributed by atoms with E-state index in [0.29, 0.717) is 6.04 Å². The van der Waals surface area contributed by atoms with Crippen LogP contribution in [-0.4, -0.2) is 30.1 Å². The number of hydrogen-bond acceptors (Lipinski definition) is 3. The monoisotopic (exact) mass is 157 g/mol. The highest BCUT2D eigenvalue weighted by molar-refractivity contribution is 4.89. The van der Waals surface area contributed by atoms with Crippen LogP contribution in [0.15, 0.2) is 0 Å². The van der Waals surface area contributed by atoms with Gasteiger partial charge in [-0.1, -0.05) is 12.8 Å². The molecule has 2 fully saturated rings. The fourth-order valence-electron chi connectivity index (χ4n) is 1.75. The van der Waals surface area contributed by atoms with Crippen molar-refractivity contribution in [2.24, 2.45) is 0 Å². The number of aliphatic hydroxyl groups is 1. The van der Waals surface area contributed by atoms with E-state index in [0.717, 1.165) is 13.0 Å². The van der Waals surface area contributed by atoms with E-state index >= 15 is 0 Å². The predicted octanol–water partition coefficient (Wildman–Crippen LogP) is 0.236. The topological polar surface area (TPSA) is 44.8 Å². The molecule has 0 aromatic carbocycles. The second-order valence-electron chi connectivity index (χ2n) is 3.40. The van der Waals surface area contributed by atoms with Gasteiger partial charge in [-0.25, -0.2) is 0 Å². The van der Waals surface area contributed by atoms with Gasteiger partial charge in [-0.15, -0.1) is 0 Å². The Labute approximate surface area is 66.7 Å². The zero-order valence-corrected chi connectivity index (χ0v) is 6.62. The first-order chi connectivity index (χ1) is 5.38. The Kier molecular flexibility index (Phi) is 2.11. The molecule has 2 heterocycles. The molecule has 3 atom stereocenters. The van der Waals surface area contributed by atoms with Crippen molar-refractivity contribution >= 4 is 0 Å². The second kappa shape index (κ2) is 3.09. The maximum atomic E-state index is 9.01. The summed E-state index contributed by atoms with van der Waals surface area (Å²) in [4.78, 5) is 0. The lowest BCUT2D eigenvalue weighted by molar-refractivity contribution is 0.155. The maximum absolute atomic E-state index is 9.01. The lowest BCUT2D eigenvalue weighted by Crippen LogP contribution is -2.34. The first-order valence-corrected chi connectivity index (χ1v) is 4.45. The molecule has 0 aromatic heterocycles. The first-order valence-electron chi connectivity index (χ1n) is 4.45. The minimum atomic E-state index is -0.481. The van der Waals surface area contributed by atoms with Crippen LogP contribution in [0.1, 0.15) is 25.7 Å². The second-order valence-corrected chi connectivity index (χ2v) is 3.40. The van der Waals surface area contributed by atoms with Crippen LogP contribution in [0.25, 0.3) is 0 Å². The van der Waals surface area contributed by atoms with Gasteiger partial charge in [0.2, 0.25) is 0 Å². The SMILES string of the molecule is OC1O[C@H]1[C@@H]1CCCCCN1. The van der Waals surface area contributed by atoms with E-state index in [1.54, 1.807) is 0 Å². The third kappa shape index (κ3) is 1.72. The Hall–Kier alpha value is -0.120. The molecule has 2 saturated heterocycles. The number of ether oxygens (including phenoxy) is 1. The molecule has 2 aliphatic rings. The van der Waals surface area contributed by atoms with Gasteiger partial charge in [-0.3, -0.25) is 0 Å². The fourth-order valence-corrected chi connectivity index (χ4v) is 1.75. The summed E-state index contributed by atoms with van der Waals surface area (Å²) in [5, 5.41) is 12.4. The third-order valence-corrected chi connectivity index (χ3v) is 2.50. The summed E-state index contributed by atoms with van der Waals surface area (Å²) in [6.45, 7) is 1.08. The normalized spacial score (nSPS) is 45.0. The standard InChI is InChI=1S/C8H15NO2/c10-8-7(11-8)6-4-2-1-3-5-9-6/h6-10H,1-5H2/t6-,7-,8?/m0/s1.